The molecule has 0 radical (unpaired) electrons. The molecule has 0 bridgehead atoms. The standard InChI is InChI=1S/C15H20N2O4/c1-10-5-6-12(7-10)17-15(20)16-11-3-2-4-13(8-11)21-9-14(18)19/h2-4,8,10,12H,5-7,9H2,1H3,(H,18,19)(H2,16,17,20). The zero-order valence-electron chi connectivity index (χ0n) is 12.0. The van der Waals surface area contributed by atoms with Crippen LogP contribution < -0.4 is 15.4 Å². The zero-order chi connectivity index (χ0) is 15.2. The van der Waals surface area contributed by atoms with E-state index in [1.807, 2.05) is 0 Å². The van der Waals surface area contributed by atoms with Crippen LogP contribution >= 0.6 is 0 Å². The molecule has 6 heteroatoms. The van der Waals surface area contributed by atoms with E-state index >= 15 is 0 Å². The number of benzene rings is 1. The fraction of sp³-hybridized carbons (Fsp3) is 0.467. The monoisotopic (exact) mass is 292 g/mol. The van der Waals surface area contributed by atoms with Crippen LogP contribution in [0.2, 0.25) is 0 Å². The Labute approximate surface area is 123 Å². The van der Waals surface area contributed by atoms with Crippen molar-refractivity contribution in [3.63, 3.8) is 0 Å². The molecular formula is C15H20N2O4. The van der Waals surface area contributed by atoms with E-state index in [1.54, 1.807) is 24.3 Å². The highest BCUT2D eigenvalue weighted by atomic mass is 16.5. The Morgan fingerprint density at radius 1 is 1.38 bits per heavy atom. The molecule has 0 saturated heterocycles. The van der Waals surface area contributed by atoms with Crippen molar-refractivity contribution in [2.24, 2.45) is 5.92 Å². The molecule has 1 fully saturated rings. The fourth-order valence-electron chi connectivity index (χ4n) is 2.50. The van der Waals surface area contributed by atoms with Crippen LogP contribution in [-0.4, -0.2) is 29.8 Å². The van der Waals surface area contributed by atoms with Crippen molar-refractivity contribution in [1.29, 1.82) is 0 Å². The molecule has 3 N–H and O–H groups in total. The van der Waals surface area contributed by atoms with Gasteiger partial charge in [-0.15, -0.1) is 0 Å². The molecule has 1 aromatic carbocycles. The zero-order valence-corrected chi connectivity index (χ0v) is 12.0. The molecule has 2 atom stereocenters. The van der Waals surface area contributed by atoms with Gasteiger partial charge in [0.15, 0.2) is 6.61 Å². The first-order valence-corrected chi connectivity index (χ1v) is 7.05. The van der Waals surface area contributed by atoms with E-state index in [1.165, 1.54) is 0 Å². The number of carboxylic acids is 1. The van der Waals surface area contributed by atoms with Crippen molar-refractivity contribution < 1.29 is 19.4 Å². The van der Waals surface area contributed by atoms with Gasteiger partial charge in [-0.1, -0.05) is 13.0 Å². The molecule has 2 amide bonds. The van der Waals surface area contributed by atoms with Gasteiger partial charge in [0.05, 0.1) is 0 Å². The third-order valence-electron chi connectivity index (χ3n) is 3.48. The van der Waals surface area contributed by atoms with Crippen molar-refractivity contribution in [3.8, 4) is 5.75 Å². The third kappa shape index (κ3) is 4.98. The van der Waals surface area contributed by atoms with Crippen LogP contribution in [0.25, 0.3) is 0 Å². The van der Waals surface area contributed by atoms with Gasteiger partial charge in [-0.3, -0.25) is 0 Å². The van der Waals surface area contributed by atoms with Crippen LogP contribution in [0.15, 0.2) is 24.3 Å². The SMILES string of the molecule is CC1CCC(NC(=O)Nc2cccc(OCC(=O)O)c2)C1. The van der Waals surface area contributed by atoms with Gasteiger partial charge in [0.2, 0.25) is 0 Å². The van der Waals surface area contributed by atoms with Gasteiger partial charge in [0, 0.05) is 17.8 Å². The minimum absolute atomic E-state index is 0.228. The van der Waals surface area contributed by atoms with Gasteiger partial charge in [-0.25, -0.2) is 9.59 Å². The van der Waals surface area contributed by atoms with Crippen LogP contribution in [0.3, 0.4) is 0 Å². The second-order valence-corrected chi connectivity index (χ2v) is 5.42. The highest BCUT2D eigenvalue weighted by molar-refractivity contribution is 5.89. The lowest BCUT2D eigenvalue weighted by Gasteiger charge is -2.14. The van der Waals surface area contributed by atoms with Gasteiger partial charge in [-0.2, -0.15) is 0 Å². The molecule has 2 unspecified atom stereocenters. The minimum Gasteiger partial charge on any atom is -0.482 e. The number of hydrogen-bond donors (Lipinski definition) is 3. The summed E-state index contributed by atoms with van der Waals surface area (Å²) in [6, 6.07) is 6.65. The summed E-state index contributed by atoms with van der Waals surface area (Å²) in [5.74, 6) is 0.0224. The van der Waals surface area contributed by atoms with Gasteiger partial charge in [-0.05, 0) is 37.3 Å². The second kappa shape index (κ2) is 6.97. The van der Waals surface area contributed by atoms with E-state index in [-0.39, 0.29) is 12.1 Å². The highest BCUT2D eigenvalue weighted by Crippen LogP contribution is 2.24. The number of carbonyl (C=O) groups is 2. The Hall–Kier alpha value is -2.24. The normalized spacial score (nSPS) is 20.8. The van der Waals surface area contributed by atoms with Crippen LogP contribution in [0.4, 0.5) is 10.5 Å². The smallest absolute Gasteiger partial charge is 0.341 e. The summed E-state index contributed by atoms with van der Waals surface area (Å²) in [6.45, 7) is 1.78. The van der Waals surface area contributed by atoms with Gasteiger partial charge < -0.3 is 20.5 Å². The predicted octanol–water partition coefficient (Wildman–Crippen LogP) is 2.46. The average molecular weight is 292 g/mol. The van der Waals surface area contributed by atoms with Crippen molar-refractivity contribution in [2.45, 2.75) is 32.2 Å². The minimum atomic E-state index is -1.04. The first-order chi connectivity index (χ1) is 10.0. The quantitative estimate of drug-likeness (QED) is 0.778. The summed E-state index contributed by atoms with van der Waals surface area (Å²) >= 11 is 0. The topological polar surface area (TPSA) is 87.7 Å². The summed E-state index contributed by atoms with van der Waals surface area (Å²) in [5.41, 5.74) is 0.571. The number of rotatable bonds is 5. The summed E-state index contributed by atoms with van der Waals surface area (Å²) < 4.78 is 5.07. The van der Waals surface area contributed by atoms with E-state index in [0.717, 1.165) is 19.3 Å². The lowest BCUT2D eigenvalue weighted by molar-refractivity contribution is -0.139. The highest BCUT2D eigenvalue weighted by Gasteiger charge is 2.22. The van der Waals surface area contributed by atoms with Gasteiger partial charge in [0.1, 0.15) is 5.75 Å². The van der Waals surface area contributed by atoms with Gasteiger partial charge in [0.25, 0.3) is 0 Å². The maximum Gasteiger partial charge on any atom is 0.341 e. The van der Waals surface area contributed by atoms with E-state index in [4.69, 9.17) is 9.84 Å². The first kappa shape index (κ1) is 15.2. The number of aliphatic carboxylic acids is 1. The molecule has 6 nitrogen and oxygen atoms in total. The van der Waals surface area contributed by atoms with E-state index in [9.17, 15) is 9.59 Å². The maximum atomic E-state index is 11.9. The largest absolute Gasteiger partial charge is 0.482 e. The van der Waals surface area contributed by atoms with Crippen molar-refractivity contribution >= 4 is 17.7 Å². The Morgan fingerprint density at radius 2 is 2.19 bits per heavy atom. The van der Waals surface area contributed by atoms with Crippen LogP contribution in [-0.2, 0) is 4.79 Å². The van der Waals surface area contributed by atoms with E-state index in [2.05, 4.69) is 17.6 Å². The summed E-state index contributed by atoms with van der Waals surface area (Å²) in [5, 5.41) is 14.2. The molecule has 114 valence electrons. The molecule has 1 aromatic rings. The lowest BCUT2D eigenvalue weighted by atomic mass is 10.1. The Morgan fingerprint density at radius 3 is 2.86 bits per heavy atom. The number of amides is 2. The van der Waals surface area contributed by atoms with Crippen LogP contribution in [0.5, 0.6) is 5.75 Å². The molecule has 0 aliphatic heterocycles. The molecule has 21 heavy (non-hydrogen) atoms. The lowest BCUT2D eigenvalue weighted by Crippen LogP contribution is -2.36. The molecule has 1 aliphatic rings. The number of hydrogen-bond acceptors (Lipinski definition) is 3. The maximum absolute atomic E-state index is 11.9. The molecular weight excluding hydrogens is 272 g/mol. The predicted molar refractivity (Wildman–Crippen MR) is 78.5 cm³/mol. The summed E-state index contributed by atoms with van der Waals surface area (Å²) in [6.07, 6.45) is 3.16. The molecule has 0 spiro atoms. The van der Waals surface area contributed by atoms with Gasteiger partial charge >= 0.3 is 12.0 Å². The summed E-state index contributed by atoms with van der Waals surface area (Å²) in [4.78, 5) is 22.3. The number of nitrogens with one attached hydrogen (secondary N) is 2. The molecule has 0 aromatic heterocycles. The van der Waals surface area contributed by atoms with Crippen LogP contribution in [0.1, 0.15) is 26.2 Å². The number of carbonyl (C=O) groups excluding carboxylic acids is 1. The van der Waals surface area contributed by atoms with Crippen molar-refractivity contribution in [1.82, 2.24) is 5.32 Å². The number of carboxylic acid groups (broad SMARTS) is 1. The summed E-state index contributed by atoms with van der Waals surface area (Å²) in [7, 11) is 0. The van der Waals surface area contributed by atoms with Crippen molar-refractivity contribution in [3.05, 3.63) is 24.3 Å². The first-order valence-electron chi connectivity index (χ1n) is 7.05. The Balaban J connectivity index is 1.85. The third-order valence-corrected chi connectivity index (χ3v) is 3.48. The number of urea groups is 1. The Kier molecular flexibility index (Phi) is 5.03. The van der Waals surface area contributed by atoms with Crippen molar-refractivity contribution in [2.75, 3.05) is 11.9 Å². The molecule has 2 rings (SSSR count). The molecule has 1 aliphatic carbocycles. The number of anilines is 1. The van der Waals surface area contributed by atoms with E-state index in [0.29, 0.717) is 17.4 Å². The second-order valence-electron chi connectivity index (χ2n) is 5.42. The fourth-order valence-corrected chi connectivity index (χ4v) is 2.50. The van der Waals surface area contributed by atoms with Crippen LogP contribution in [0, 0.1) is 5.92 Å². The molecule has 0 heterocycles. The Bertz CT molecular complexity index is 518. The average Bonchev–Trinajstić information content (AvgIpc) is 2.82. The number of ether oxygens (including phenoxy) is 1. The molecule has 1 saturated carbocycles. The van der Waals surface area contributed by atoms with E-state index < -0.39 is 12.6 Å².